The number of hydrogen-bond donors (Lipinski definition) is 3. The molecule has 7 rings (SSSR count). The molecule has 3 aliphatic rings. The maximum absolute atomic E-state index is 14.0. The first-order chi connectivity index (χ1) is 31.6. The van der Waals surface area contributed by atoms with Crippen molar-refractivity contribution in [1.29, 1.82) is 0 Å². The summed E-state index contributed by atoms with van der Waals surface area (Å²) in [6.07, 6.45) is -3.77. The molecule has 3 N–H and O–H groups in total. The summed E-state index contributed by atoms with van der Waals surface area (Å²) in [5, 5.41) is 6.29. The van der Waals surface area contributed by atoms with Crippen molar-refractivity contribution in [3.63, 3.8) is 0 Å². The molecule has 23 nitrogen and oxygen atoms in total. The topological polar surface area (TPSA) is 253 Å². The third-order valence-corrected chi connectivity index (χ3v) is 25.8. The van der Waals surface area contributed by atoms with Gasteiger partial charge >= 0.3 is 13.4 Å². The van der Waals surface area contributed by atoms with E-state index in [1.807, 2.05) is 47.0 Å². The summed E-state index contributed by atoms with van der Waals surface area (Å²) in [7, 11) is -5.54. The molecular weight excluding hydrogens is 999 g/mol. The fraction of sp³-hybridized carbons (Fsp3) is 0.692. The van der Waals surface area contributed by atoms with E-state index in [1.54, 1.807) is 13.8 Å². The molecule has 0 saturated carbocycles. The quantitative estimate of drug-likeness (QED) is 0.0737. The van der Waals surface area contributed by atoms with E-state index in [9.17, 15) is 19.3 Å². The molecule has 10 atom stereocenters. The fourth-order valence-electron chi connectivity index (χ4n) is 7.07. The molecular formula is C39H60N10O13P2S2Si2. The third-order valence-electron chi connectivity index (χ3n) is 12.9. The lowest BCUT2D eigenvalue weighted by atomic mass is 10.1. The number of carbonyl (C=O) groups is 1. The summed E-state index contributed by atoms with van der Waals surface area (Å²) in [5.41, 5.74) is -1.23. The van der Waals surface area contributed by atoms with Gasteiger partial charge in [0.2, 0.25) is 24.0 Å². The van der Waals surface area contributed by atoms with Gasteiger partial charge in [0.25, 0.3) is 11.1 Å². The van der Waals surface area contributed by atoms with E-state index in [0.717, 1.165) is 0 Å². The lowest BCUT2D eigenvalue weighted by Crippen LogP contribution is -2.50. The van der Waals surface area contributed by atoms with Crippen LogP contribution in [-0.2, 0) is 69.4 Å². The first kappa shape index (κ1) is 52.8. The zero-order chi connectivity index (χ0) is 49.9. The molecule has 0 radical (unpaired) electrons. The van der Waals surface area contributed by atoms with Gasteiger partial charge in [0.15, 0.2) is 40.3 Å². The van der Waals surface area contributed by atoms with Crippen LogP contribution in [0, 0.1) is 12.5 Å². The molecule has 2 unspecified atom stereocenters. The number of anilines is 1. The number of nitrogens with zero attached hydrogens (tertiary/aromatic N) is 8. The summed E-state index contributed by atoms with van der Waals surface area (Å²) in [4.78, 5) is 71.4. The molecule has 4 aromatic rings. The van der Waals surface area contributed by atoms with Gasteiger partial charge in [-0.2, -0.15) is 10.1 Å². The van der Waals surface area contributed by atoms with Crippen LogP contribution >= 0.6 is 13.4 Å². The first-order valence-electron chi connectivity index (χ1n) is 22.0. The van der Waals surface area contributed by atoms with Gasteiger partial charge in [-0.1, -0.05) is 55.4 Å². The summed E-state index contributed by atoms with van der Waals surface area (Å²) in [5.74, 6) is -0.959. The minimum Gasteiger partial charge on any atom is -0.408 e. The molecule has 2 bridgehead atoms. The Morgan fingerprint density at radius 3 is 2.24 bits per heavy atom. The molecule has 4 aromatic heterocycles. The summed E-state index contributed by atoms with van der Waals surface area (Å²) >= 11 is 12.0. The van der Waals surface area contributed by atoms with Crippen molar-refractivity contribution in [3.8, 4) is 0 Å². The number of carbonyl (C=O) groups excluding carboxylic acids is 1. The number of fused-ring (bicyclic) bond motifs is 5. The Labute approximate surface area is 405 Å². The Balaban J connectivity index is 1.36. The number of amides is 1. The molecule has 0 aliphatic carbocycles. The van der Waals surface area contributed by atoms with Gasteiger partial charge in [0.05, 0.1) is 19.5 Å². The second-order valence-electron chi connectivity index (χ2n) is 20.1. The highest BCUT2D eigenvalue weighted by Crippen LogP contribution is 2.58. The Morgan fingerprint density at radius 2 is 1.59 bits per heavy atom. The molecule has 0 aromatic carbocycles. The molecule has 0 spiro atoms. The van der Waals surface area contributed by atoms with E-state index in [4.69, 9.17) is 71.1 Å². The number of imidazole rings is 2. The molecule has 7 heterocycles. The second-order valence-corrected chi connectivity index (χ2v) is 35.4. The normalized spacial score (nSPS) is 29.9. The number of H-pyrrole nitrogens is 1. The monoisotopic (exact) mass is 1060 g/mol. The van der Waals surface area contributed by atoms with Crippen LogP contribution in [0.1, 0.15) is 67.8 Å². The summed E-state index contributed by atoms with van der Waals surface area (Å²) < 4.78 is 64.0. The minimum atomic E-state index is -4.33. The smallest absolute Gasteiger partial charge is 0.328 e. The third kappa shape index (κ3) is 10.9. The number of nitrogens with one attached hydrogen (secondary N) is 2. The van der Waals surface area contributed by atoms with Crippen LogP contribution in [0.3, 0.4) is 0 Å². The van der Waals surface area contributed by atoms with Crippen molar-refractivity contribution in [2.75, 3.05) is 31.7 Å². The van der Waals surface area contributed by atoms with Gasteiger partial charge in [0, 0.05) is 18.3 Å². The maximum atomic E-state index is 14.0. The number of rotatable bonds is 11. The molecule has 3 saturated heterocycles. The van der Waals surface area contributed by atoms with E-state index in [0.29, 0.717) is 0 Å². The van der Waals surface area contributed by atoms with Crippen molar-refractivity contribution in [1.82, 2.24) is 38.7 Å². The number of aromatic nitrogens is 8. The van der Waals surface area contributed by atoms with Crippen molar-refractivity contribution in [3.05, 3.63) is 57.2 Å². The van der Waals surface area contributed by atoms with E-state index in [-0.39, 0.29) is 46.0 Å². The van der Waals surface area contributed by atoms with E-state index < -0.39 is 115 Å². The standard InChI is InChI=1S/C39H60N10O13P2S2Si2/c1-22(2)32(50)45-37-44-30-25(33(51)46-37)42-20-47(30)35-28-27(61-67(10,11)38(3,4)5)24(58-35)18-55-63(53,65)59-26-23(19-56-64(66,60-28)54-17-15-40-9)57-36(29(26)62-68(12,13)39(6,7)8)48-21-43-49-16-14-41-31(49)34(48)52/h14,16,20-24,26-29,35-36H,15,17-19H2,1-8,10-13H3,(H,53,65)(H2,44,45,46,50,51)/t23-,24-,26-,27-,28-,29-,35-,36-,63?,64?/m1/s1. The predicted molar refractivity (Wildman–Crippen MR) is 261 cm³/mol. The molecule has 374 valence electrons. The number of aromatic amines is 1. The fourth-order valence-corrected chi connectivity index (χ4v) is 13.2. The lowest BCUT2D eigenvalue weighted by Gasteiger charge is -2.41. The second kappa shape index (κ2) is 19.5. The van der Waals surface area contributed by atoms with Crippen LogP contribution < -0.4 is 16.4 Å². The van der Waals surface area contributed by atoms with Crippen LogP contribution in [0.4, 0.5) is 5.95 Å². The summed E-state index contributed by atoms with van der Waals surface area (Å²) in [6, 6.07) is 0. The zero-order valence-corrected chi connectivity index (χ0v) is 45.4. The SMILES string of the molecule is [C-]#[N+]CCOP1(=S)OC[C@H]2O[C@@H](n3cnn4ccnc4c3=O)[C@H](O[Si](C)(C)C(C)(C)C)[C@@H]2OP(O)(=S)OC[C@H]2O[C@@H](n3cnc4c(=O)[nH]c(NC(=O)C(C)C)nc43)[C@H](O1)[C@@H]2O[Si](C)(C)C(C)(C)C. The van der Waals surface area contributed by atoms with Crippen molar-refractivity contribution in [2.24, 2.45) is 5.92 Å². The predicted octanol–water partition coefficient (Wildman–Crippen LogP) is 5.39. The Morgan fingerprint density at radius 1 is 0.941 bits per heavy atom. The van der Waals surface area contributed by atoms with Gasteiger partial charge < -0.3 is 41.6 Å². The Kier molecular flexibility index (Phi) is 15.2. The largest absolute Gasteiger partial charge is 0.408 e. The number of hydrogen-bond acceptors (Lipinski definition) is 18. The van der Waals surface area contributed by atoms with Crippen molar-refractivity contribution < 1.29 is 50.6 Å². The van der Waals surface area contributed by atoms with Crippen LogP contribution in [0.25, 0.3) is 21.7 Å². The lowest BCUT2D eigenvalue weighted by molar-refractivity contribution is -0.118. The van der Waals surface area contributed by atoms with Crippen molar-refractivity contribution in [2.45, 2.75) is 141 Å². The average Bonchev–Trinajstić information content (AvgIpc) is 4.02. The Bertz CT molecular complexity index is 2790. The highest BCUT2D eigenvalue weighted by atomic mass is 32.5. The average molecular weight is 1060 g/mol. The highest BCUT2D eigenvalue weighted by Gasteiger charge is 2.57. The van der Waals surface area contributed by atoms with Gasteiger partial charge in [-0.15, -0.1) is 0 Å². The van der Waals surface area contributed by atoms with Crippen LogP contribution in [0.15, 0.2) is 34.6 Å². The van der Waals surface area contributed by atoms with Gasteiger partial charge in [-0.3, -0.25) is 42.9 Å². The summed E-state index contributed by atoms with van der Waals surface area (Å²) in [6.45, 7) is 21.7. The van der Waals surface area contributed by atoms with Crippen molar-refractivity contribution >= 4 is 82.4 Å². The van der Waals surface area contributed by atoms with E-state index in [1.165, 1.54) is 38.7 Å². The van der Waals surface area contributed by atoms with Crippen LogP contribution in [-0.4, -0.2) is 129 Å². The van der Waals surface area contributed by atoms with Crippen LogP contribution in [0.5, 0.6) is 0 Å². The van der Waals surface area contributed by atoms with Gasteiger partial charge in [-0.05, 0) is 59.9 Å². The van der Waals surface area contributed by atoms with E-state index in [2.05, 4.69) is 56.0 Å². The highest BCUT2D eigenvalue weighted by molar-refractivity contribution is 8.07. The molecule has 29 heteroatoms. The Hall–Kier alpha value is -3.01. The zero-order valence-electron chi connectivity index (χ0n) is 40.0. The molecule has 1 amide bonds. The minimum absolute atomic E-state index is 0.0122. The maximum Gasteiger partial charge on any atom is 0.328 e. The molecule has 3 fully saturated rings. The van der Waals surface area contributed by atoms with Crippen LogP contribution in [0.2, 0.25) is 36.3 Å². The number of ether oxygens (including phenoxy) is 2. The van der Waals surface area contributed by atoms with Gasteiger partial charge in [-0.25, -0.2) is 21.1 Å². The first-order valence-corrected chi connectivity index (χ1v) is 32.9. The van der Waals surface area contributed by atoms with E-state index >= 15 is 0 Å². The molecule has 68 heavy (non-hydrogen) atoms. The molecule has 3 aliphatic heterocycles. The van der Waals surface area contributed by atoms with Gasteiger partial charge in [0.1, 0.15) is 49.6 Å².